The molecule has 0 aliphatic carbocycles. The fraction of sp³-hybridized carbons (Fsp3) is 0.714. The van der Waals surface area contributed by atoms with Crippen molar-refractivity contribution in [1.82, 2.24) is 5.32 Å². The first kappa shape index (κ1) is 9.43. The highest BCUT2D eigenvalue weighted by molar-refractivity contribution is 5.06. The monoisotopic (exact) mass is 146 g/mol. The fourth-order valence-corrected chi connectivity index (χ4v) is 0.706. The van der Waals surface area contributed by atoms with Gasteiger partial charge in [-0.3, -0.25) is 0 Å². The quantitative estimate of drug-likeness (QED) is 0.624. The van der Waals surface area contributed by atoms with Gasteiger partial charge in [0.1, 0.15) is 5.83 Å². The van der Waals surface area contributed by atoms with Crippen LogP contribution in [0.15, 0.2) is 11.5 Å². The van der Waals surface area contributed by atoms with Crippen LogP contribution >= 0.6 is 0 Å². The third kappa shape index (κ3) is 2.82. The van der Waals surface area contributed by atoms with Crippen LogP contribution in [0.3, 0.4) is 0 Å². The Balaban J connectivity index is 4.00. The minimum absolute atomic E-state index is 0.135. The van der Waals surface area contributed by atoms with Gasteiger partial charge in [0, 0.05) is 13.1 Å². The maximum Gasteiger partial charge on any atom is 0.120 e. The van der Waals surface area contributed by atoms with Crippen LogP contribution in [0.5, 0.6) is 0 Å². The van der Waals surface area contributed by atoms with Crippen molar-refractivity contribution in [2.24, 2.45) is 5.73 Å². The Kier molecular flexibility index (Phi) is 4.94. The molecule has 2 nitrogen and oxygen atoms in total. The minimum Gasteiger partial charge on any atom is -0.386 e. The van der Waals surface area contributed by atoms with Gasteiger partial charge in [-0.25, -0.2) is 4.39 Å². The summed E-state index contributed by atoms with van der Waals surface area (Å²) >= 11 is 0. The number of likely N-dealkylation sites (N-methyl/N-ethyl adjacent to an activating group) is 1. The van der Waals surface area contributed by atoms with Crippen molar-refractivity contribution in [3.63, 3.8) is 0 Å². The number of rotatable bonds is 4. The smallest absolute Gasteiger partial charge is 0.120 e. The number of hydrogen-bond acceptors (Lipinski definition) is 2. The molecule has 0 aliphatic heterocycles. The first-order valence-corrected chi connectivity index (χ1v) is 3.57. The predicted octanol–water partition coefficient (Wildman–Crippen LogP) is 1.15. The molecule has 10 heavy (non-hydrogen) atoms. The van der Waals surface area contributed by atoms with Crippen LogP contribution < -0.4 is 11.1 Å². The molecule has 3 N–H and O–H groups in total. The zero-order valence-electron chi connectivity index (χ0n) is 6.58. The molecule has 0 bridgehead atoms. The van der Waals surface area contributed by atoms with Gasteiger partial charge in [-0.2, -0.15) is 0 Å². The lowest BCUT2D eigenvalue weighted by molar-refractivity contribution is 0.570. The van der Waals surface area contributed by atoms with Crippen LogP contribution in [0.2, 0.25) is 0 Å². The fourth-order valence-electron chi connectivity index (χ4n) is 0.706. The van der Waals surface area contributed by atoms with Gasteiger partial charge in [0.15, 0.2) is 0 Å². The maximum atomic E-state index is 12.7. The second-order valence-corrected chi connectivity index (χ2v) is 1.97. The molecule has 0 amide bonds. The molecule has 0 fully saturated rings. The SMILES string of the molecule is CCN/C(CN)=C(/F)CC. The lowest BCUT2D eigenvalue weighted by atomic mass is 10.3. The first-order valence-electron chi connectivity index (χ1n) is 3.57. The van der Waals surface area contributed by atoms with Gasteiger partial charge in [-0.15, -0.1) is 0 Å². The molecular weight excluding hydrogens is 131 g/mol. The average Bonchev–Trinajstić information content (AvgIpc) is 1.99. The van der Waals surface area contributed by atoms with E-state index in [0.29, 0.717) is 12.1 Å². The molecule has 0 saturated carbocycles. The van der Waals surface area contributed by atoms with Crippen LogP contribution in [0.4, 0.5) is 4.39 Å². The molecule has 0 heterocycles. The van der Waals surface area contributed by atoms with Crippen LogP contribution in [0.25, 0.3) is 0 Å². The van der Waals surface area contributed by atoms with E-state index >= 15 is 0 Å². The van der Waals surface area contributed by atoms with Gasteiger partial charge in [0.05, 0.1) is 5.70 Å². The summed E-state index contributed by atoms with van der Waals surface area (Å²) in [7, 11) is 0. The summed E-state index contributed by atoms with van der Waals surface area (Å²) in [6, 6.07) is 0. The summed E-state index contributed by atoms with van der Waals surface area (Å²) in [5.41, 5.74) is 5.81. The number of nitrogens with one attached hydrogen (secondary N) is 1. The van der Waals surface area contributed by atoms with Crippen LogP contribution in [-0.2, 0) is 0 Å². The Labute approximate surface area is 61.3 Å². The van der Waals surface area contributed by atoms with Gasteiger partial charge in [0.2, 0.25) is 0 Å². The van der Waals surface area contributed by atoms with E-state index < -0.39 is 0 Å². The molecule has 0 aliphatic rings. The molecule has 0 aromatic carbocycles. The maximum absolute atomic E-state index is 12.7. The second-order valence-electron chi connectivity index (χ2n) is 1.97. The Bertz CT molecular complexity index is 121. The molecule has 0 atom stereocenters. The number of hydrogen-bond donors (Lipinski definition) is 2. The average molecular weight is 146 g/mol. The van der Waals surface area contributed by atoms with E-state index in [1.165, 1.54) is 0 Å². The van der Waals surface area contributed by atoms with Gasteiger partial charge in [0.25, 0.3) is 0 Å². The minimum atomic E-state index is -0.135. The standard InChI is InChI=1S/C7H15FN2/c1-3-6(8)7(5-9)10-4-2/h10H,3-5,9H2,1-2H3/b7-6+. The molecular formula is C7H15FN2. The highest BCUT2D eigenvalue weighted by atomic mass is 19.1. The molecule has 0 radical (unpaired) electrons. The third-order valence-corrected chi connectivity index (χ3v) is 1.23. The van der Waals surface area contributed by atoms with E-state index in [1.807, 2.05) is 6.92 Å². The highest BCUT2D eigenvalue weighted by Gasteiger charge is 1.99. The molecule has 60 valence electrons. The summed E-state index contributed by atoms with van der Waals surface area (Å²) in [5.74, 6) is -0.135. The predicted molar refractivity (Wildman–Crippen MR) is 41.2 cm³/mol. The van der Waals surface area contributed by atoms with Gasteiger partial charge in [-0.05, 0) is 13.3 Å². The van der Waals surface area contributed by atoms with Gasteiger partial charge < -0.3 is 11.1 Å². The molecule has 3 heteroatoms. The van der Waals surface area contributed by atoms with E-state index in [4.69, 9.17) is 5.73 Å². The number of nitrogens with two attached hydrogens (primary N) is 1. The van der Waals surface area contributed by atoms with Crippen molar-refractivity contribution < 1.29 is 4.39 Å². The lowest BCUT2D eigenvalue weighted by Gasteiger charge is -2.06. The van der Waals surface area contributed by atoms with E-state index in [9.17, 15) is 4.39 Å². The topological polar surface area (TPSA) is 38.0 Å². The molecule has 0 rings (SSSR count). The van der Waals surface area contributed by atoms with Gasteiger partial charge >= 0.3 is 0 Å². The normalized spacial score (nSPS) is 12.8. The van der Waals surface area contributed by atoms with Gasteiger partial charge in [-0.1, -0.05) is 6.92 Å². The van der Waals surface area contributed by atoms with Crippen molar-refractivity contribution in [2.45, 2.75) is 20.3 Å². The zero-order valence-corrected chi connectivity index (χ0v) is 6.58. The molecule has 0 spiro atoms. The lowest BCUT2D eigenvalue weighted by Crippen LogP contribution is -2.21. The van der Waals surface area contributed by atoms with Crippen molar-refractivity contribution in [1.29, 1.82) is 0 Å². The summed E-state index contributed by atoms with van der Waals surface area (Å²) in [4.78, 5) is 0. The van der Waals surface area contributed by atoms with Crippen molar-refractivity contribution in [3.8, 4) is 0 Å². The summed E-state index contributed by atoms with van der Waals surface area (Å²) in [5, 5.41) is 2.86. The Morgan fingerprint density at radius 3 is 2.40 bits per heavy atom. The van der Waals surface area contributed by atoms with Crippen LogP contribution in [0.1, 0.15) is 20.3 Å². The molecule has 0 saturated heterocycles. The molecule has 0 unspecified atom stereocenters. The largest absolute Gasteiger partial charge is 0.386 e. The van der Waals surface area contributed by atoms with Crippen molar-refractivity contribution >= 4 is 0 Å². The Morgan fingerprint density at radius 2 is 2.10 bits per heavy atom. The first-order chi connectivity index (χ1) is 4.76. The summed E-state index contributed by atoms with van der Waals surface area (Å²) in [6.07, 6.45) is 0.416. The summed E-state index contributed by atoms with van der Waals surface area (Å²) < 4.78 is 12.7. The number of allylic oxidation sites excluding steroid dienone is 1. The van der Waals surface area contributed by atoms with Crippen LogP contribution in [0, 0.1) is 0 Å². The van der Waals surface area contributed by atoms with E-state index in [1.54, 1.807) is 6.92 Å². The number of halogens is 1. The highest BCUT2D eigenvalue weighted by Crippen LogP contribution is 2.05. The van der Waals surface area contributed by atoms with E-state index in [2.05, 4.69) is 5.32 Å². The van der Waals surface area contributed by atoms with Crippen molar-refractivity contribution in [3.05, 3.63) is 11.5 Å². The van der Waals surface area contributed by atoms with Crippen molar-refractivity contribution in [2.75, 3.05) is 13.1 Å². The third-order valence-electron chi connectivity index (χ3n) is 1.23. The van der Waals surface area contributed by atoms with E-state index in [-0.39, 0.29) is 12.4 Å². The summed E-state index contributed by atoms with van der Waals surface area (Å²) in [6.45, 7) is 4.66. The van der Waals surface area contributed by atoms with E-state index in [0.717, 1.165) is 6.54 Å². The molecule has 0 aromatic heterocycles. The zero-order chi connectivity index (χ0) is 7.98. The van der Waals surface area contributed by atoms with Crippen LogP contribution in [-0.4, -0.2) is 13.1 Å². The molecule has 0 aromatic rings. The Morgan fingerprint density at radius 1 is 1.50 bits per heavy atom. The second kappa shape index (κ2) is 5.23. The Hall–Kier alpha value is -0.570.